The van der Waals surface area contributed by atoms with Crippen molar-refractivity contribution in [3.05, 3.63) is 6.42 Å². The third kappa shape index (κ3) is 1.19. The molecule has 0 N–H and O–H groups in total. The van der Waals surface area contributed by atoms with Crippen LogP contribution < -0.4 is 0 Å². The summed E-state index contributed by atoms with van der Waals surface area (Å²) in [6, 6.07) is 0.241. The zero-order valence-electron chi connectivity index (χ0n) is 6.62. The predicted molar refractivity (Wildman–Crippen MR) is 42.1 cm³/mol. The van der Waals surface area contributed by atoms with E-state index in [1.54, 1.807) is 0 Å². The zero-order chi connectivity index (χ0) is 7.68. The van der Waals surface area contributed by atoms with Crippen LogP contribution in [0.15, 0.2) is 0 Å². The molecule has 2 aliphatic heterocycles. The summed E-state index contributed by atoms with van der Waals surface area (Å²) in [6.07, 6.45) is 4.42. The minimum atomic E-state index is 0.241. The SMILES string of the molecule is O=C(N1C[CH]CC1)N1CCC1. The summed E-state index contributed by atoms with van der Waals surface area (Å²) < 4.78 is 0. The second-order valence-corrected chi connectivity index (χ2v) is 3.15. The zero-order valence-corrected chi connectivity index (χ0v) is 6.62. The van der Waals surface area contributed by atoms with Gasteiger partial charge in [-0.3, -0.25) is 0 Å². The number of carbonyl (C=O) groups excluding carboxylic acids is 1. The van der Waals surface area contributed by atoms with E-state index >= 15 is 0 Å². The summed E-state index contributed by atoms with van der Waals surface area (Å²) in [4.78, 5) is 15.3. The molecule has 2 heterocycles. The van der Waals surface area contributed by atoms with Gasteiger partial charge in [0.1, 0.15) is 0 Å². The van der Waals surface area contributed by atoms with Crippen LogP contribution in [0, 0.1) is 6.42 Å². The van der Waals surface area contributed by atoms with Crippen molar-refractivity contribution in [2.24, 2.45) is 0 Å². The van der Waals surface area contributed by atoms with Crippen LogP contribution in [0.2, 0.25) is 0 Å². The monoisotopic (exact) mass is 153 g/mol. The Balaban J connectivity index is 1.87. The van der Waals surface area contributed by atoms with E-state index in [0.29, 0.717) is 0 Å². The predicted octanol–water partition coefficient (Wildman–Crippen LogP) is 0.722. The maximum atomic E-state index is 11.5. The van der Waals surface area contributed by atoms with Gasteiger partial charge in [0.25, 0.3) is 0 Å². The lowest BCUT2D eigenvalue weighted by Gasteiger charge is -2.34. The van der Waals surface area contributed by atoms with Crippen LogP contribution in [0.3, 0.4) is 0 Å². The molecular formula is C8H13N2O. The molecule has 0 aromatic rings. The first-order chi connectivity index (χ1) is 5.38. The Bertz CT molecular complexity index is 159. The van der Waals surface area contributed by atoms with E-state index < -0.39 is 0 Å². The summed E-state index contributed by atoms with van der Waals surface area (Å²) in [5.41, 5.74) is 0. The Morgan fingerprint density at radius 2 is 2.00 bits per heavy atom. The van der Waals surface area contributed by atoms with E-state index in [1.807, 2.05) is 9.80 Å². The second-order valence-electron chi connectivity index (χ2n) is 3.15. The lowest BCUT2D eigenvalue weighted by molar-refractivity contribution is 0.135. The molecule has 0 bridgehead atoms. The number of nitrogens with zero attached hydrogens (tertiary/aromatic N) is 2. The molecule has 0 aliphatic carbocycles. The number of hydrogen-bond acceptors (Lipinski definition) is 1. The first-order valence-electron chi connectivity index (χ1n) is 4.23. The van der Waals surface area contributed by atoms with Crippen LogP contribution in [-0.2, 0) is 0 Å². The normalized spacial score (nSPS) is 23.6. The van der Waals surface area contributed by atoms with Gasteiger partial charge in [-0.05, 0) is 19.3 Å². The van der Waals surface area contributed by atoms with Crippen LogP contribution >= 0.6 is 0 Å². The highest BCUT2D eigenvalue weighted by atomic mass is 16.2. The van der Waals surface area contributed by atoms with E-state index in [9.17, 15) is 4.79 Å². The summed E-state index contributed by atoms with van der Waals surface area (Å²) in [7, 11) is 0. The van der Waals surface area contributed by atoms with Gasteiger partial charge in [0.15, 0.2) is 0 Å². The van der Waals surface area contributed by atoms with E-state index in [2.05, 4.69) is 6.42 Å². The highest BCUT2D eigenvalue weighted by Gasteiger charge is 2.26. The smallest absolute Gasteiger partial charge is 0.320 e. The standard InChI is InChI=1S/C8H13N2O/c11-8(10-6-3-7-10)9-4-1-2-5-9/h1H,2-7H2. The fourth-order valence-corrected chi connectivity index (χ4v) is 1.47. The molecule has 0 unspecified atom stereocenters. The molecule has 2 aliphatic rings. The van der Waals surface area contributed by atoms with E-state index in [1.165, 1.54) is 6.42 Å². The summed E-state index contributed by atoms with van der Waals surface area (Å²) in [6.45, 7) is 3.72. The van der Waals surface area contributed by atoms with Crippen molar-refractivity contribution in [2.45, 2.75) is 12.8 Å². The molecule has 0 atom stereocenters. The summed E-state index contributed by atoms with van der Waals surface area (Å²) in [5.74, 6) is 0. The Labute approximate surface area is 67.0 Å². The largest absolute Gasteiger partial charge is 0.325 e. The molecule has 2 amide bonds. The van der Waals surface area contributed by atoms with E-state index in [-0.39, 0.29) is 6.03 Å². The Kier molecular flexibility index (Phi) is 1.72. The molecule has 2 fully saturated rings. The highest BCUT2D eigenvalue weighted by molar-refractivity contribution is 5.75. The molecule has 0 aromatic carbocycles. The molecule has 11 heavy (non-hydrogen) atoms. The second kappa shape index (κ2) is 2.72. The lowest BCUT2D eigenvalue weighted by atomic mass is 10.2. The van der Waals surface area contributed by atoms with Crippen molar-refractivity contribution < 1.29 is 4.79 Å². The van der Waals surface area contributed by atoms with Crippen molar-refractivity contribution in [1.29, 1.82) is 0 Å². The molecule has 3 heteroatoms. The molecule has 1 radical (unpaired) electrons. The maximum Gasteiger partial charge on any atom is 0.320 e. The molecule has 2 rings (SSSR count). The van der Waals surface area contributed by atoms with Crippen molar-refractivity contribution in [3.63, 3.8) is 0 Å². The number of urea groups is 1. The fraction of sp³-hybridized carbons (Fsp3) is 0.750. The Morgan fingerprint density at radius 3 is 2.45 bits per heavy atom. The molecule has 2 saturated heterocycles. The Hall–Kier alpha value is -0.730. The first kappa shape index (κ1) is 6.95. The summed E-state index contributed by atoms with van der Waals surface area (Å²) in [5, 5.41) is 0. The van der Waals surface area contributed by atoms with Crippen LogP contribution in [-0.4, -0.2) is 42.0 Å². The summed E-state index contributed by atoms with van der Waals surface area (Å²) >= 11 is 0. The lowest BCUT2D eigenvalue weighted by Crippen LogP contribution is -2.48. The first-order valence-corrected chi connectivity index (χ1v) is 4.23. The highest BCUT2D eigenvalue weighted by Crippen LogP contribution is 2.14. The van der Waals surface area contributed by atoms with E-state index in [4.69, 9.17) is 0 Å². The van der Waals surface area contributed by atoms with Crippen LogP contribution in [0.1, 0.15) is 12.8 Å². The van der Waals surface area contributed by atoms with Gasteiger partial charge in [0.2, 0.25) is 0 Å². The number of rotatable bonds is 0. The average Bonchev–Trinajstić information content (AvgIpc) is 2.32. The van der Waals surface area contributed by atoms with Gasteiger partial charge < -0.3 is 9.80 Å². The molecule has 0 saturated carbocycles. The topological polar surface area (TPSA) is 23.6 Å². The van der Waals surface area contributed by atoms with Crippen LogP contribution in [0.4, 0.5) is 4.79 Å². The van der Waals surface area contributed by atoms with Crippen molar-refractivity contribution in [1.82, 2.24) is 9.80 Å². The fourth-order valence-electron chi connectivity index (χ4n) is 1.47. The van der Waals surface area contributed by atoms with E-state index in [0.717, 1.165) is 32.6 Å². The third-order valence-electron chi connectivity index (χ3n) is 2.35. The quantitative estimate of drug-likeness (QED) is 0.503. The molecule has 61 valence electrons. The number of amides is 2. The van der Waals surface area contributed by atoms with Crippen LogP contribution in [0.5, 0.6) is 0 Å². The van der Waals surface area contributed by atoms with Crippen molar-refractivity contribution in [2.75, 3.05) is 26.2 Å². The van der Waals surface area contributed by atoms with Crippen LogP contribution in [0.25, 0.3) is 0 Å². The van der Waals surface area contributed by atoms with Gasteiger partial charge >= 0.3 is 6.03 Å². The minimum absolute atomic E-state index is 0.241. The number of likely N-dealkylation sites (tertiary alicyclic amines) is 2. The average molecular weight is 153 g/mol. The molecule has 0 spiro atoms. The van der Waals surface area contributed by atoms with Gasteiger partial charge in [-0.25, -0.2) is 4.79 Å². The van der Waals surface area contributed by atoms with Gasteiger partial charge in [-0.2, -0.15) is 0 Å². The maximum absolute atomic E-state index is 11.5. The number of hydrogen-bond donors (Lipinski definition) is 0. The molecule has 3 nitrogen and oxygen atoms in total. The molecular weight excluding hydrogens is 140 g/mol. The van der Waals surface area contributed by atoms with Gasteiger partial charge in [-0.1, -0.05) is 0 Å². The molecule has 0 aromatic heterocycles. The number of carbonyl (C=O) groups is 1. The van der Waals surface area contributed by atoms with Gasteiger partial charge in [0.05, 0.1) is 0 Å². The van der Waals surface area contributed by atoms with Crippen molar-refractivity contribution in [3.8, 4) is 0 Å². The Morgan fingerprint density at radius 1 is 1.18 bits per heavy atom. The minimum Gasteiger partial charge on any atom is -0.325 e. The third-order valence-corrected chi connectivity index (χ3v) is 2.35. The van der Waals surface area contributed by atoms with Crippen molar-refractivity contribution >= 4 is 6.03 Å². The van der Waals surface area contributed by atoms with Gasteiger partial charge in [-0.15, -0.1) is 0 Å². The van der Waals surface area contributed by atoms with Gasteiger partial charge in [0, 0.05) is 26.2 Å².